The molecule has 5 heteroatoms. The normalized spacial score (nSPS) is 16.1. The van der Waals surface area contributed by atoms with E-state index in [2.05, 4.69) is 5.32 Å². The SMILES string of the molecule is CNC(=O)[C@H]1Cc2ccccc2N1C(=O)Cc1ccc(F)cc1. The molecule has 0 bridgehead atoms. The fourth-order valence-corrected chi connectivity index (χ4v) is 2.93. The van der Waals surface area contributed by atoms with Crippen LogP contribution in [0.4, 0.5) is 10.1 Å². The number of carbonyl (C=O) groups excluding carboxylic acids is 2. The summed E-state index contributed by atoms with van der Waals surface area (Å²) in [6.45, 7) is 0. The van der Waals surface area contributed by atoms with E-state index in [4.69, 9.17) is 0 Å². The van der Waals surface area contributed by atoms with Crippen LogP contribution in [0.15, 0.2) is 48.5 Å². The lowest BCUT2D eigenvalue weighted by molar-refractivity contribution is -0.125. The van der Waals surface area contributed by atoms with E-state index in [9.17, 15) is 14.0 Å². The minimum Gasteiger partial charge on any atom is -0.357 e. The summed E-state index contributed by atoms with van der Waals surface area (Å²) < 4.78 is 13.0. The number of amides is 2. The van der Waals surface area contributed by atoms with Gasteiger partial charge in [0.15, 0.2) is 0 Å². The summed E-state index contributed by atoms with van der Waals surface area (Å²) in [4.78, 5) is 26.4. The molecular formula is C18H17FN2O2. The van der Waals surface area contributed by atoms with Gasteiger partial charge in [0.2, 0.25) is 11.8 Å². The van der Waals surface area contributed by atoms with Gasteiger partial charge in [0, 0.05) is 19.2 Å². The van der Waals surface area contributed by atoms with Gasteiger partial charge in [-0.1, -0.05) is 30.3 Å². The lowest BCUT2D eigenvalue weighted by Crippen LogP contribution is -2.47. The average Bonchev–Trinajstić information content (AvgIpc) is 2.95. The summed E-state index contributed by atoms with van der Waals surface area (Å²) >= 11 is 0. The highest BCUT2D eigenvalue weighted by Gasteiger charge is 2.37. The molecule has 0 aliphatic carbocycles. The summed E-state index contributed by atoms with van der Waals surface area (Å²) in [5.41, 5.74) is 2.47. The number of carbonyl (C=O) groups is 2. The molecule has 0 saturated carbocycles. The lowest BCUT2D eigenvalue weighted by atomic mass is 10.1. The van der Waals surface area contributed by atoms with Crippen molar-refractivity contribution in [3.05, 3.63) is 65.5 Å². The number of likely N-dealkylation sites (N-methyl/N-ethyl adjacent to an activating group) is 1. The third kappa shape index (κ3) is 2.95. The molecule has 1 aliphatic heterocycles. The molecule has 2 aromatic carbocycles. The number of anilines is 1. The Kier molecular flexibility index (Phi) is 4.10. The molecule has 2 aromatic rings. The highest BCUT2D eigenvalue weighted by molar-refractivity contribution is 6.04. The van der Waals surface area contributed by atoms with Crippen molar-refractivity contribution in [2.24, 2.45) is 0 Å². The van der Waals surface area contributed by atoms with Crippen molar-refractivity contribution in [3.8, 4) is 0 Å². The molecule has 0 spiro atoms. The van der Waals surface area contributed by atoms with E-state index in [-0.39, 0.29) is 24.1 Å². The van der Waals surface area contributed by atoms with Gasteiger partial charge in [-0.2, -0.15) is 0 Å². The van der Waals surface area contributed by atoms with Gasteiger partial charge in [-0.3, -0.25) is 14.5 Å². The van der Waals surface area contributed by atoms with Crippen molar-refractivity contribution in [1.29, 1.82) is 0 Å². The first-order valence-corrected chi connectivity index (χ1v) is 7.46. The highest BCUT2D eigenvalue weighted by Crippen LogP contribution is 2.32. The van der Waals surface area contributed by atoms with Crippen molar-refractivity contribution in [3.63, 3.8) is 0 Å². The number of nitrogens with one attached hydrogen (secondary N) is 1. The molecule has 1 N–H and O–H groups in total. The predicted octanol–water partition coefficient (Wildman–Crippen LogP) is 2.07. The number of hydrogen-bond donors (Lipinski definition) is 1. The summed E-state index contributed by atoms with van der Waals surface area (Å²) in [5.74, 6) is -0.695. The summed E-state index contributed by atoms with van der Waals surface area (Å²) in [5, 5.41) is 2.62. The van der Waals surface area contributed by atoms with Gasteiger partial charge < -0.3 is 5.32 Å². The van der Waals surface area contributed by atoms with E-state index in [1.54, 1.807) is 24.1 Å². The Morgan fingerprint density at radius 2 is 1.87 bits per heavy atom. The maximum Gasteiger partial charge on any atom is 0.243 e. The number of fused-ring (bicyclic) bond motifs is 1. The Hall–Kier alpha value is -2.69. The van der Waals surface area contributed by atoms with Crippen LogP contribution >= 0.6 is 0 Å². The first kappa shape index (κ1) is 15.2. The van der Waals surface area contributed by atoms with Crippen LogP contribution in [0.1, 0.15) is 11.1 Å². The minimum atomic E-state index is -0.537. The number of benzene rings is 2. The zero-order chi connectivity index (χ0) is 16.4. The second-order valence-electron chi connectivity index (χ2n) is 5.53. The van der Waals surface area contributed by atoms with E-state index in [1.165, 1.54) is 12.1 Å². The van der Waals surface area contributed by atoms with Crippen molar-refractivity contribution >= 4 is 17.5 Å². The van der Waals surface area contributed by atoms with Gasteiger partial charge >= 0.3 is 0 Å². The lowest BCUT2D eigenvalue weighted by Gasteiger charge is -2.24. The predicted molar refractivity (Wildman–Crippen MR) is 85.6 cm³/mol. The number of nitrogens with zero attached hydrogens (tertiary/aromatic N) is 1. The molecule has 1 heterocycles. The molecule has 4 nitrogen and oxygen atoms in total. The van der Waals surface area contributed by atoms with Gasteiger partial charge in [-0.15, -0.1) is 0 Å². The van der Waals surface area contributed by atoms with Gasteiger partial charge in [-0.25, -0.2) is 4.39 Å². The third-order valence-corrected chi connectivity index (χ3v) is 4.06. The van der Waals surface area contributed by atoms with Crippen molar-refractivity contribution in [1.82, 2.24) is 5.32 Å². The molecule has 1 atom stereocenters. The van der Waals surface area contributed by atoms with Crippen molar-refractivity contribution in [2.45, 2.75) is 18.9 Å². The fourth-order valence-electron chi connectivity index (χ4n) is 2.93. The quantitative estimate of drug-likeness (QED) is 0.943. The van der Waals surface area contributed by atoms with Crippen LogP contribution in [0.2, 0.25) is 0 Å². The van der Waals surface area contributed by atoms with Crippen molar-refractivity contribution < 1.29 is 14.0 Å². The Bertz CT molecular complexity index is 743. The Balaban J connectivity index is 1.89. The standard InChI is InChI=1S/C18H17FN2O2/c1-20-18(23)16-11-13-4-2-3-5-15(13)21(16)17(22)10-12-6-8-14(19)9-7-12/h2-9,16H,10-11H2,1H3,(H,20,23)/t16-/m1/s1. The molecule has 0 aromatic heterocycles. The zero-order valence-electron chi connectivity index (χ0n) is 12.8. The number of halogens is 1. The van der Waals surface area contributed by atoms with Gasteiger partial charge in [0.25, 0.3) is 0 Å². The van der Waals surface area contributed by atoms with E-state index in [0.717, 1.165) is 16.8 Å². The van der Waals surface area contributed by atoms with Crippen LogP contribution < -0.4 is 10.2 Å². The summed E-state index contributed by atoms with van der Waals surface area (Å²) in [6.07, 6.45) is 0.632. The van der Waals surface area contributed by atoms with E-state index >= 15 is 0 Å². The first-order valence-electron chi connectivity index (χ1n) is 7.46. The van der Waals surface area contributed by atoms with E-state index < -0.39 is 6.04 Å². The average molecular weight is 312 g/mol. The second kappa shape index (κ2) is 6.20. The Morgan fingerprint density at radius 3 is 2.57 bits per heavy atom. The number of hydrogen-bond acceptors (Lipinski definition) is 2. The maximum atomic E-state index is 13.0. The molecular weight excluding hydrogens is 295 g/mol. The molecule has 2 amide bonds. The smallest absolute Gasteiger partial charge is 0.243 e. The minimum absolute atomic E-state index is 0.127. The van der Waals surface area contributed by atoms with Crippen LogP contribution in [0.3, 0.4) is 0 Å². The molecule has 1 aliphatic rings. The molecule has 3 rings (SSSR count). The second-order valence-corrected chi connectivity index (χ2v) is 5.53. The van der Waals surface area contributed by atoms with Crippen LogP contribution in [-0.2, 0) is 22.4 Å². The molecule has 23 heavy (non-hydrogen) atoms. The molecule has 118 valence electrons. The molecule has 0 radical (unpaired) electrons. The molecule has 0 unspecified atom stereocenters. The largest absolute Gasteiger partial charge is 0.357 e. The molecule has 0 saturated heterocycles. The van der Waals surface area contributed by atoms with Crippen LogP contribution in [-0.4, -0.2) is 24.9 Å². The van der Waals surface area contributed by atoms with Gasteiger partial charge in [-0.05, 0) is 29.3 Å². The van der Waals surface area contributed by atoms with Crippen LogP contribution in [0.25, 0.3) is 0 Å². The third-order valence-electron chi connectivity index (χ3n) is 4.06. The van der Waals surface area contributed by atoms with Crippen molar-refractivity contribution in [2.75, 3.05) is 11.9 Å². The number of rotatable bonds is 3. The highest BCUT2D eigenvalue weighted by atomic mass is 19.1. The topological polar surface area (TPSA) is 49.4 Å². The summed E-state index contributed by atoms with van der Waals surface area (Å²) in [7, 11) is 1.56. The Morgan fingerprint density at radius 1 is 1.17 bits per heavy atom. The van der Waals surface area contributed by atoms with E-state index in [1.807, 2.05) is 24.3 Å². The van der Waals surface area contributed by atoms with Gasteiger partial charge in [0.1, 0.15) is 11.9 Å². The van der Waals surface area contributed by atoms with Gasteiger partial charge in [0.05, 0.1) is 6.42 Å². The first-order chi connectivity index (χ1) is 11.1. The Labute approximate surface area is 133 Å². The molecule has 0 fully saturated rings. The monoisotopic (exact) mass is 312 g/mol. The van der Waals surface area contributed by atoms with Crippen LogP contribution in [0.5, 0.6) is 0 Å². The fraction of sp³-hybridized carbons (Fsp3) is 0.222. The van der Waals surface area contributed by atoms with E-state index in [0.29, 0.717) is 6.42 Å². The zero-order valence-corrected chi connectivity index (χ0v) is 12.8. The van der Waals surface area contributed by atoms with Crippen LogP contribution in [0, 0.1) is 5.82 Å². The number of para-hydroxylation sites is 1. The summed E-state index contributed by atoms with van der Waals surface area (Å²) in [6, 6.07) is 12.8. The maximum absolute atomic E-state index is 13.0.